The summed E-state index contributed by atoms with van der Waals surface area (Å²) in [6.45, 7) is 3.89. The molecule has 0 unspecified atom stereocenters. The molecule has 0 N–H and O–H groups in total. The van der Waals surface area contributed by atoms with Crippen LogP contribution in [0.25, 0.3) is 0 Å². The Hall–Kier alpha value is -0.670. The van der Waals surface area contributed by atoms with Crippen molar-refractivity contribution in [3.05, 3.63) is 30.0 Å². The van der Waals surface area contributed by atoms with Crippen LogP contribution in [-0.4, -0.2) is 38.3 Å². The lowest BCUT2D eigenvalue weighted by Gasteiger charge is -2.33. The van der Waals surface area contributed by atoms with Gasteiger partial charge < -0.3 is 9.64 Å². The molecule has 2 rings (SSSR count). The van der Waals surface area contributed by atoms with Gasteiger partial charge in [0.25, 0.3) is 0 Å². The molecule has 1 aliphatic carbocycles. The summed E-state index contributed by atoms with van der Waals surface area (Å²) in [5, 5.41) is 0. The van der Waals surface area contributed by atoms with Crippen LogP contribution in [0.15, 0.2) is 23.6 Å². The number of methoxy groups -OCH3 is 1. The van der Waals surface area contributed by atoms with Crippen LogP contribution in [-0.2, 0) is 4.74 Å². The van der Waals surface area contributed by atoms with Crippen LogP contribution < -0.4 is 0 Å². The SMILES string of the molecule is COCCN1CCC(C2=C(F)[CH]CC=C2)CC1. The first-order valence-electron chi connectivity index (χ1n) is 6.42. The van der Waals surface area contributed by atoms with Crippen LogP contribution in [0, 0.1) is 12.3 Å². The van der Waals surface area contributed by atoms with Crippen molar-refractivity contribution in [2.45, 2.75) is 19.3 Å². The molecule has 0 atom stereocenters. The number of halogens is 1. The summed E-state index contributed by atoms with van der Waals surface area (Å²) in [4.78, 5) is 2.40. The number of ether oxygens (including phenoxy) is 1. The topological polar surface area (TPSA) is 12.5 Å². The van der Waals surface area contributed by atoms with Crippen molar-refractivity contribution < 1.29 is 9.13 Å². The molecular weight excluding hydrogens is 217 g/mol. The summed E-state index contributed by atoms with van der Waals surface area (Å²) in [6, 6.07) is 0. The Morgan fingerprint density at radius 2 is 2.18 bits per heavy atom. The first kappa shape index (κ1) is 12.8. The van der Waals surface area contributed by atoms with Crippen LogP contribution in [0.4, 0.5) is 4.39 Å². The standard InChI is InChI=1S/C14H21FNO/c1-17-11-10-16-8-6-12(7-9-16)13-4-2-3-5-14(13)15/h2,4-5,12H,3,6-11H2,1H3. The summed E-state index contributed by atoms with van der Waals surface area (Å²) in [5.74, 6) is 0.407. The van der Waals surface area contributed by atoms with E-state index >= 15 is 0 Å². The van der Waals surface area contributed by atoms with Gasteiger partial charge in [-0.05, 0) is 43.8 Å². The summed E-state index contributed by atoms with van der Waals surface area (Å²) < 4.78 is 18.7. The van der Waals surface area contributed by atoms with Crippen LogP contribution in [0.3, 0.4) is 0 Å². The third-order valence-corrected chi connectivity index (χ3v) is 3.65. The average molecular weight is 238 g/mol. The molecule has 17 heavy (non-hydrogen) atoms. The average Bonchev–Trinajstić information content (AvgIpc) is 2.38. The van der Waals surface area contributed by atoms with Crippen molar-refractivity contribution in [3.8, 4) is 0 Å². The molecule has 0 bridgehead atoms. The zero-order valence-corrected chi connectivity index (χ0v) is 10.5. The second kappa shape index (κ2) is 6.31. The monoisotopic (exact) mass is 238 g/mol. The highest BCUT2D eigenvalue weighted by atomic mass is 19.1. The molecule has 2 aliphatic rings. The van der Waals surface area contributed by atoms with E-state index in [4.69, 9.17) is 4.74 Å². The number of allylic oxidation sites excluding steroid dienone is 4. The van der Waals surface area contributed by atoms with E-state index in [0.29, 0.717) is 5.92 Å². The summed E-state index contributed by atoms with van der Waals surface area (Å²) in [7, 11) is 1.73. The second-order valence-electron chi connectivity index (χ2n) is 4.75. The molecule has 2 nitrogen and oxygen atoms in total. The van der Waals surface area contributed by atoms with Gasteiger partial charge in [-0.15, -0.1) is 0 Å². The molecule has 0 saturated carbocycles. The van der Waals surface area contributed by atoms with Gasteiger partial charge in [-0.3, -0.25) is 0 Å². The third kappa shape index (κ3) is 3.39. The molecule has 1 fully saturated rings. The van der Waals surface area contributed by atoms with E-state index in [1.165, 1.54) is 0 Å². The van der Waals surface area contributed by atoms with Crippen LogP contribution in [0.2, 0.25) is 0 Å². The summed E-state index contributed by atoms with van der Waals surface area (Å²) >= 11 is 0. The van der Waals surface area contributed by atoms with E-state index < -0.39 is 0 Å². The lowest BCUT2D eigenvalue weighted by atomic mass is 9.86. The highest BCUT2D eigenvalue weighted by Gasteiger charge is 2.24. The van der Waals surface area contributed by atoms with Gasteiger partial charge in [0, 0.05) is 20.1 Å². The number of piperidine rings is 1. The molecule has 0 amide bonds. The largest absolute Gasteiger partial charge is 0.383 e. The molecule has 3 heteroatoms. The Kier molecular flexibility index (Phi) is 4.75. The van der Waals surface area contributed by atoms with Gasteiger partial charge in [-0.25, -0.2) is 4.39 Å². The smallest absolute Gasteiger partial charge is 0.107 e. The number of rotatable bonds is 4. The van der Waals surface area contributed by atoms with Gasteiger partial charge in [0.15, 0.2) is 0 Å². The molecule has 0 aromatic carbocycles. The lowest BCUT2D eigenvalue weighted by Crippen LogP contribution is -2.36. The first-order chi connectivity index (χ1) is 8.31. The van der Waals surface area contributed by atoms with Crippen molar-refractivity contribution in [1.29, 1.82) is 0 Å². The fraction of sp³-hybridized carbons (Fsp3) is 0.643. The second-order valence-corrected chi connectivity index (χ2v) is 4.75. The number of likely N-dealkylation sites (tertiary alicyclic amines) is 1. The van der Waals surface area contributed by atoms with Gasteiger partial charge in [0.05, 0.1) is 6.61 Å². The number of nitrogens with zero attached hydrogens (tertiary/aromatic N) is 1. The predicted octanol–water partition coefficient (Wildman–Crippen LogP) is 2.73. The van der Waals surface area contributed by atoms with E-state index in [1.54, 1.807) is 13.5 Å². The maximum absolute atomic E-state index is 13.7. The molecule has 0 spiro atoms. The minimum atomic E-state index is 0.00263. The van der Waals surface area contributed by atoms with Crippen LogP contribution in [0.5, 0.6) is 0 Å². The van der Waals surface area contributed by atoms with Crippen LogP contribution in [0.1, 0.15) is 19.3 Å². The van der Waals surface area contributed by atoms with E-state index in [0.717, 1.165) is 51.1 Å². The van der Waals surface area contributed by atoms with Gasteiger partial charge >= 0.3 is 0 Å². The van der Waals surface area contributed by atoms with Crippen molar-refractivity contribution >= 4 is 0 Å². The predicted molar refractivity (Wildman–Crippen MR) is 67.2 cm³/mol. The maximum atomic E-state index is 13.7. The highest BCUT2D eigenvalue weighted by molar-refractivity contribution is 5.33. The van der Waals surface area contributed by atoms with Crippen molar-refractivity contribution in [1.82, 2.24) is 4.90 Å². The lowest BCUT2D eigenvalue weighted by molar-refractivity contribution is 0.125. The molecule has 0 aromatic rings. The van der Waals surface area contributed by atoms with Crippen LogP contribution >= 0.6 is 0 Å². The normalized spacial score (nSPS) is 23.4. The van der Waals surface area contributed by atoms with Gasteiger partial charge in [0.1, 0.15) is 5.83 Å². The Balaban J connectivity index is 1.84. The number of hydrogen-bond donors (Lipinski definition) is 0. The Morgan fingerprint density at radius 1 is 1.41 bits per heavy atom. The van der Waals surface area contributed by atoms with Gasteiger partial charge in [-0.2, -0.15) is 0 Å². The summed E-state index contributed by atoms with van der Waals surface area (Å²) in [5.41, 5.74) is 0.919. The highest BCUT2D eigenvalue weighted by Crippen LogP contribution is 2.31. The minimum absolute atomic E-state index is 0.00263. The molecular formula is C14H21FNO. The number of hydrogen-bond acceptors (Lipinski definition) is 2. The molecule has 1 saturated heterocycles. The molecule has 1 heterocycles. The quantitative estimate of drug-likeness (QED) is 0.746. The van der Waals surface area contributed by atoms with Crippen molar-refractivity contribution in [2.24, 2.45) is 5.92 Å². The fourth-order valence-corrected chi connectivity index (χ4v) is 2.58. The Bertz CT molecular complexity index is 303. The molecule has 1 aliphatic heterocycles. The van der Waals surface area contributed by atoms with E-state index in [-0.39, 0.29) is 5.83 Å². The van der Waals surface area contributed by atoms with Gasteiger partial charge in [-0.1, -0.05) is 12.2 Å². The molecule has 95 valence electrons. The minimum Gasteiger partial charge on any atom is -0.383 e. The maximum Gasteiger partial charge on any atom is 0.107 e. The van der Waals surface area contributed by atoms with Gasteiger partial charge in [0.2, 0.25) is 0 Å². The first-order valence-corrected chi connectivity index (χ1v) is 6.42. The third-order valence-electron chi connectivity index (χ3n) is 3.65. The molecule has 0 aromatic heterocycles. The zero-order valence-electron chi connectivity index (χ0n) is 10.5. The van der Waals surface area contributed by atoms with Crippen molar-refractivity contribution in [3.63, 3.8) is 0 Å². The Morgan fingerprint density at radius 3 is 2.82 bits per heavy atom. The Labute approximate surface area is 103 Å². The zero-order chi connectivity index (χ0) is 12.1. The van der Waals surface area contributed by atoms with E-state index in [2.05, 4.69) is 11.0 Å². The van der Waals surface area contributed by atoms with Crippen molar-refractivity contribution in [2.75, 3.05) is 33.4 Å². The van der Waals surface area contributed by atoms with E-state index in [9.17, 15) is 4.39 Å². The fourth-order valence-electron chi connectivity index (χ4n) is 2.58. The molecule has 1 radical (unpaired) electrons. The summed E-state index contributed by atoms with van der Waals surface area (Å²) in [6.07, 6.45) is 8.57. The van der Waals surface area contributed by atoms with E-state index in [1.807, 2.05) is 6.08 Å².